The van der Waals surface area contributed by atoms with E-state index < -0.39 is 0 Å². The average Bonchev–Trinajstić information content (AvgIpc) is 2.16. The van der Waals surface area contributed by atoms with Crippen molar-refractivity contribution >= 4 is 0 Å². The molecule has 2 heteroatoms. The molecule has 0 radical (unpaired) electrons. The van der Waals surface area contributed by atoms with Crippen LogP contribution in [0.1, 0.15) is 27.7 Å². The molecule has 0 atom stereocenters. The summed E-state index contributed by atoms with van der Waals surface area (Å²) in [6.45, 7) is 11.5. The van der Waals surface area contributed by atoms with Crippen molar-refractivity contribution < 1.29 is 0 Å². The number of nitrogens with zero attached hydrogens (tertiary/aromatic N) is 2. The SMILES string of the molecule is CN1CCN(C)C2=C1C(C)(C)C=CC2(C)C. The van der Waals surface area contributed by atoms with Crippen LogP contribution in [0.25, 0.3) is 0 Å². The maximum absolute atomic E-state index is 2.43. The molecule has 0 saturated heterocycles. The van der Waals surface area contributed by atoms with Crippen molar-refractivity contribution in [2.24, 2.45) is 10.8 Å². The summed E-state index contributed by atoms with van der Waals surface area (Å²) < 4.78 is 0. The van der Waals surface area contributed by atoms with Gasteiger partial charge in [-0.3, -0.25) is 0 Å². The van der Waals surface area contributed by atoms with Gasteiger partial charge in [0, 0.05) is 49.4 Å². The number of rotatable bonds is 0. The molecule has 16 heavy (non-hydrogen) atoms. The van der Waals surface area contributed by atoms with Gasteiger partial charge in [0.15, 0.2) is 0 Å². The first-order valence-electron chi connectivity index (χ1n) is 6.13. The second kappa shape index (κ2) is 3.28. The van der Waals surface area contributed by atoms with Crippen molar-refractivity contribution in [3.63, 3.8) is 0 Å². The topological polar surface area (TPSA) is 6.48 Å². The van der Waals surface area contributed by atoms with Gasteiger partial charge >= 0.3 is 0 Å². The Kier molecular flexibility index (Phi) is 2.37. The van der Waals surface area contributed by atoms with E-state index in [-0.39, 0.29) is 10.8 Å². The molecule has 0 bridgehead atoms. The zero-order valence-electron chi connectivity index (χ0n) is 11.5. The van der Waals surface area contributed by atoms with Crippen molar-refractivity contribution in [3.05, 3.63) is 23.5 Å². The van der Waals surface area contributed by atoms with Gasteiger partial charge in [-0.05, 0) is 0 Å². The first-order chi connectivity index (χ1) is 7.26. The predicted molar refractivity (Wildman–Crippen MR) is 69.0 cm³/mol. The quantitative estimate of drug-likeness (QED) is 0.579. The Labute approximate surface area is 99.6 Å². The van der Waals surface area contributed by atoms with Crippen LogP contribution in [0.4, 0.5) is 0 Å². The second-order valence-electron chi connectivity index (χ2n) is 6.32. The molecule has 1 aliphatic heterocycles. The van der Waals surface area contributed by atoms with Crippen LogP contribution in [-0.4, -0.2) is 37.0 Å². The summed E-state index contributed by atoms with van der Waals surface area (Å²) in [4.78, 5) is 4.86. The van der Waals surface area contributed by atoms with Crippen LogP contribution in [0.2, 0.25) is 0 Å². The standard InChI is InChI=1S/C14H24N2/c1-13(2)7-8-14(3,4)12-11(13)15(5)9-10-16(12)6/h7-8H,9-10H2,1-6H3. The molecular weight excluding hydrogens is 196 g/mol. The molecule has 90 valence electrons. The van der Waals surface area contributed by atoms with Crippen LogP contribution in [-0.2, 0) is 0 Å². The molecule has 1 heterocycles. The van der Waals surface area contributed by atoms with Crippen LogP contribution >= 0.6 is 0 Å². The number of hydrogen-bond donors (Lipinski definition) is 0. The van der Waals surface area contributed by atoms with Gasteiger partial charge in [0.25, 0.3) is 0 Å². The average molecular weight is 220 g/mol. The highest BCUT2D eigenvalue weighted by molar-refractivity contribution is 5.37. The molecule has 0 aromatic heterocycles. The third kappa shape index (κ3) is 1.55. The molecular formula is C14H24N2. The molecule has 0 aromatic rings. The largest absolute Gasteiger partial charge is 0.374 e. The molecule has 0 N–H and O–H groups in total. The van der Waals surface area contributed by atoms with Gasteiger partial charge in [0.05, 0.1) is 0 Å². The zero-order valence-corrected chi connectivity index (χ0v) is 11.5. The highest BCUT2D eigenvalue weighted by Crippen LogP contribution is 2.47. The number of allylic oxidation sites excluding steroid dienone is 2. The first-order valence-corrected chi connectivity index (χ1v) is 6.13. The highest BCUT2D eigenvalue weighted by Gasteiger charge is 2.40. The molecule has 2 nitrogen and oxygen atoms in total. The van der Waals surface area contributed by atoms with E-state index in [4.69, 9.17) is 0 Å². The van der Waals surface area contributed by atoms with E-state index >= 15 is 0 Å². The first kappa shape index (κ1) is 11.6. The normalized spacial score (nSPS) is 27.1. The molecule has 0 fully saturated rings. The van der Waals surface area contributed by atoms with E-state index in [0.717, 1.165) is 13.1 Å². The van der Waals surface area contributed by atoms with E-state index in [1.54, 1.807) is 0 Å². The van der Waals surface area contributed by atoms with Crippen LogP contribution in [0.5, 0.6) is 0 Å². The predicted octanol–water partition coefficient (Wildman–Crippen LogP) is 2.70. The van der Waals surface area contributed by atoms with Crippen molar-refractivity contribution in [2.75, 3.05) is 27.2 Å². The summed E-state index contributed by atoms with van der Waals surface area (Å²) in [5.41, 5.74) is 3.31. The summed E-state index contributed by atoms with van der Waals surface area (Å²) in [6, 6.07) is 0. The fraction of sp³-hybridized carbons (Fsp3) is 0.714. The van der Waals surface area contributed by atoms with Crippen molar-refractivity contribution in [1.29, 1.82) is 0 Å². The van der Waals surface area contributed by atoms with Crippen LogP contribution in [0, 0.1) is 10.8 Å². The van der Waals surface area contributed by atoms with Gasteiger partial charge in [0.1, 0.15) is 0 Å². The third-order valence-electron chi connectivity index (χ3n) is 3.90. The van der Waals surface area contributed by atoms with Gasteiger partial charge in [-0.1, -0.05) is 39.8 Å². The molecule has 0 spiro atoms. The maximum Gasteiger partial charge on any atom is 0.0430 e. The van der Waals surface area contributed by atoms with E-state index in [0.29, 0.717) is 0 Å². The molecule has 2 rings (SSSR count). The van der Waals surface area contributed by atoms with Gasteiger partial charge in [0.2, 0.25) is 0 Å². The lowest BCUT2D eigenvalue weighted by Crippen LogP contribution is -2.47. The Hall–Kier alpha value is -0.920. The maximum atomic E-state index is 2.43. The lowest BCUT2D eigenvalue weighted by molar-refractivity contribution is 0.191. The zero-order chi connectivity index (χ0) is 12.1. The van der Waals surface area contributed by atoms with Gasteiger partial charge < -0.3 is 9.80 Å². The van der Waals surface area contributed by atoms with Gasteiger partial charge in [-0.2, -0.15) is 0 Å². The van der Waals surface area contributed by atoms with Crippen LogP contribution < -0.4 is 0 Å². The minimum absolute atomic E-state index is 0.161. The van der Waals surface area contributed by atoms with Crippen LogP contribution in [0.3, 0.4) is 0 Å². The Bertz CT molecular complexity index is 327. The van der Waals surface area contributed by atoms with Crippen molar-refractivity contribution in [3.8, 4) is 0 Å². The second-order valence-corrected chi connectivity index (χ2v) is 6.32. The van der Waals surface area contributed by atoms with E-state index in [2.05, 4.69) is 63.7 Å². The molecule has 0 saturated carbocycles. The molecule has 1 aliphatic carbocycles. The third-order valence-corrected chi connectivity index (χ3v) is 3.90. The smallest absolute Gasteiger partial charge is 0.0430 e. The Morgan fingerprint density at radius 1 is 0.812 bits per heavy atom. The summed E-state index contributed by atoms with van der Waals surface area (Å²) in [5.74, 6) is 0. The summed E-state index contributed by atoms with van der Waals surface area (Å²) >= 11 is 0. The molecule has 0 amide bonds. The summed E-state index contributed by atoms with van der Waals surface area (Å²) in [6.07, 6.45) is 4.73. The molecule has 0 unspecified atom stereocenters. The van der Waals surface area contributed by atoms with E-state index in [9.17, 15) is 0 Å². The fourth-order valence-corrected chi connectivity index (χ4v) is 3.05. The summed E-state index contributed by atoms with van der Waals surface area (Å²) in [7, 11) is 4.44. The Balaban J connectivity index is 2.60. The minimum Gasteiger partial charge on any atom is -0.374 e. The van der Waals surface area contributed by atoms with Gasteiger partial charge in [-0.15, -0.1) is 0 Å². The molecule has 2 aliphatic rings. The lowest BCUT2D eigenvalue weighted by Gasteiger charge is -2.49. The Morgan fingerprint density at radius 2 is 1.12 bits per heavy atom. The molecule has 0 aromatic carbocycles. The summed E-state index contributed by atoms with van der Waals surface area (Å²) in [5, 5.41) is 0. The number of likely N-dealkylation sites (N-methyl/N-ethyl adjacent to an activating group) is 2. The van der Waals surface area contributed by atoms with Gasteiger partial charge in [-0.25, -0.2) is 0 Å². The lowest BCUT2D eigenvalue weighted by atomic mass is 9.72. The minimum atomic E-state index is 0.161. The van der Waals surface area contributed by atoms with Crippen LogP contribution in [0.15, 0.2) is 23.5 Å². The fourth-order valence-electron chi connectivity index (χ4n) is 3.05. The number of hydrogen-bond acceptors (Lipinski definition) is 2. The van der Waals surface area contributed by atoms with E-state index in [1.807, 2.05) is 0 Å². The Morgan fingerprint density at radius 3 is 1.44 bits per heavy atom. The van der Waals surface area contributed by atoms with Crippen molar-refractivity contribution in [2.45, 2.75) is 27.7 Å². The van der Waals surface area contributed by atoms with Crippen molar-refractivity contribution in [1.82, 2.24) is 9.80 Å². The highest BCUT2D eigenvalue weighted by atomic mass is 15.3. The monoisotopic (exact) mass is 220 g/mol. The van der Waals surface area contributed by atoms with E-state index in [1.165, 1.54) is 11.4 Å².